The van der Waals surface area contributed by atoms with E-state index >= 15 is 0 Å². The summed E-state index contributed by atoms with van der Waals surface area (Å²) in [6.45, 7) is 6.28. The zero-order valence-corrected chi connectivity index (χ0v) is 8.18. The van der Waals surface area contributed by atoms with Crippen molar-refractivity contribution in [2.45, 2.75) is 26.8 Å². The summed E-state index contributed by atoms with van der Waals surface area (Å²) < 4.78 is 0. The Hall–Kier alpha value is -0.890. The number of hydrogen-bond acceptors (Lipinski definition) is 2. The lowest BCUT2D eigenvalue weighted by atomic mass is 10.1. The molecular weight excluding hydrogens is 148 g/mol. The number of aryl methyl sites for hydroxylation is 2. The first-order valence-corrected chi connectivity index (χ1v) is 4.25. The van der Waals surface area contributed by atoms with Gasteiger partial charge in [-0.3, -0.25) is 4.98 Å². The van der Waals surface area contributed by atoms with E-state index < -0.39 is 0 Å². The third kappa shape index (κ3) is 1.83. The van der Waals surface area contributed by atoms with Crippen LogP contribution in [-0.2, 0) is 0 Å². The number of aromatic nitrogens is 1. The Morgan fingerprint density at radius 3 is 2.58 bits per heavy atom. The minimum Gasteiger partial charge on any atom is -0.312 e. The van der Waals surface area contributed by atoms with Crippen LogP contribution < -0.4 is 5.32 Å². The number of rotatable bonds is 2. The number of nitrogens with one attached hydrogen (secondary N) is 1. The number of pyridine rings is 1. The molecule has 0 aliphatic rings. The summed E-state index contributed by atoms with van der Waals surface area (Å²) in [4.78, 5) is 4.39. The van der Waals surface area contributed by atoms with Gasteiger partial charge in [-0.25, -0.2) is 0 Å². The van der Waals surface area contributed by atoms with Crippen molar-refractivity contribution in [1.29, 1.82) is 0 Å². The van der Waals surface area contributed by atoms with Crippen molar-refractivity contribution in [1.82, 2.24) is 10.3 Å². The van der Waals surface area contributed by atoms with Crippen molar-refractivity contribution in [3.05, 3.63) is 29.1 Å². The molecule has 1 rings (SSSR count). The molecule has 0 aliphatic heterocycles. The maximum absolute atomic E-state index is 4.39. The molecule has 0 radical (unpaired) electrons. The van der Waals surface area contributed by atoms with E-state index in [0.717, 1.165) is 5.69 Å². The van der Waals surface area contributed by atoms with Gasteiger partial charge in [-0.15, -0.1) is 0 Å². The molecule has 12 heavy (non-hydrogen) atoms. The smallest absolute Gasteiger partial charge is 0.0599 e. The third-order valence-electron chi connectivity index (χ3n) is 2.10. The van der Waals surface area contributed by atoms with Gasteiger partial charge >= 0.3 is 0 Å². The Labute approximate surface area is 74.0 Å². The highest BCUT2D eigenvalue weighted by Crippen LogP contribution is 2.14. The largest absolute Gasteiger partial charge is 0.312 e. The lowest BCUT2D eigenvalue weighted by Gasteiger charge is -2.12. The van der Waals surface area contributed by atoms with Crippen molar-refractivity contribution in [2.24, 2.45) is 0 Å². The summed E-state index contributed by atoms with van der Waals surface area (Å²) in [5, 5.41) is 3.18. The van der Waals surface area contributed by atoms with E-state index in [1.807, 2.05) is 13.2 Å². The molecule has 0 amide bonds. The molecule has 1 N–H and O–H groups in total. The summed E-state index contributed by atoms with van der Waals surface area (Å²) in [5.41, 5.74) is 3.62. The van der Waals surface area contributed by atoms with Gasteiger partial charge in [-0.2, -0.15) is 0 Å². The molecule has 2 heteroatoms. The molecule has 2 nitrogen and oxygen atoms in total. The summed E-state index contributed by atoms with van der Waals surface area (Å²) in [7, 11) is 1.95. The SMILES string of the molecule is CNC(C)c1ncc(C)cc1C. The molecule has 66 valence electrons. The van der Waals surface area contributed by atoms with E-state index in [9.17, 15) is 0 Å². The van der Waals surface area contributed by atoms with Crippen LogP contribution in [0.5, 0.6) is 0 Å². The second-order valence-electron chi connectivity index (χ2n) is 3.23. The van der Waals surface area contributed by atoms with Gasteiger partial charge in [0.1, 0.15) is 0 Å². The fraction of sp³-hybridized carbons (Fsp3) is 0.500. The second kappa shape index (κ2) is 3.68. The Morgan fingerprint density at radius 1 is 1.42 bits per heavy atom. The first-order chi connectivity index (χ1) is 5.65. The Kier molecular flexibility index (Phi) is 2.82. The fourth-order valence-electron chi connectivity index (χ4n) is 1.32. The van der Waals surface area contributed by atoms with E-state index in [0.29, 0.717) is 6.04 Å². The average molecular weight is 164 g/mol. The molecule has 1 heterocycles. The van der Waals surface area contributed by atoms with Crippen molar-refractivity contribution < 1.29 is 0 Å². The molecule has 0 aromatic carbocycles. The van der Waals surface area contributed by atoms with Crippen molar-refractivity contribution >= 4 is 0 Å². The quantitative estimate of drug-likeness (QED) is 0.723. The fourth-order valence-corrected chi connectivity index (χ4v) is 1.32. The molecule has 0 spiro atoms. The first-order valence-electron chi connectivity index (χ1n) is 4.25. The Morgan fingerprint density at radius 2 is 2.08 bits per heavy atom. The predicted molar refractivity (Wildman–Crippen MR) is 51.2 cm³/mol. The van der Waals surface area contributed by atoms with Crippen LogP contribution >= 0.6 is 0 Å². The highest BCUT2D eigenvalue weighted by molar-refractivity contribution is 5.25. The van der Waals surface area contributed by atoms with Crippen LogP contribution in [0.3, 0.4) is 0 Å². The molecule has 0 saturated heterocycles. The van der Waals surface area contributed by atoms with Crippen LogP contribution in [0.25, 0.3) is 0 Å². The van der Waals surface area contributed by atoms with Crippen LogP contribution in [-0.4, -0.2) is 12.0 Å². The molecule has 0 bridgehead atoms. The standard InChI is InChI=1S/C10H16N2/c1-7-5-8(2)10(12-6-7)9(3)11-4/h5-6,9,11H,1-4H3. The molecule has 1 aromatic heterocycles. The summed E-state index contributed by atoms with van der Waals surface area (Å²) >= 11 is 0. The minimum absolute atomic E-state index is 0.339. The van der Waals surface area contributed by atoms with Gasteiger partial charge < -0.3 is 5.32 Å². The van der Waals surface area contributed by atoms with Crippen molar-refractivity contribution in [3.63, 3.8) is 0 Å². The monoisotopic (exact) mass is 164 g/mol. The average Bonchev–Trinajstić information content (AvgIpc) is 2.03. The van der Waals surface area contributed by atoms with Crippen LogP contribution in [0.15, 0.2) is 12.3 Å². The normalized spacial score (nSPS) is 13.0. The molecule has 0 saturated carbocycles. The zero-order valence-electron chi connectivity index (χ0n) is 8.18. The van der Waals surface area contributed by atoms with E-state index in [1.54, 1.807) is 0 Å². The van der Waals surface area contributed by atoms with Crippen LogP contribution in [0.4, 0.5) is 0 Å². The first kappa shape index (κ1) is 9.20. The van der Waals surface area contributed by atoms with E-state index in [1.165, 1.54) is 11.1 Å². The highest BCUT2D eigenvalue weighted by atomic mass is 14.9. The summed E-state index contributed by atoms with van der Waals surface area (Å²) in [5.74, 6) is 0. The maximum atomic E-state index is 4.39. The van der Waals surface area contributed by atoms with Crippen molar-refractivity contribution in [3.8, 4) is 0 Å². The van der Waals surface area contributed by atoms with Gasteiger partial charge in [-0.1, -0.05) is 6.07 Å². The summed E-state index contributed by atoms with van der Waals surface area (Å²) in [6, 6.07) is 2.50. The number of hydrogen-bond donors (Lipinski definition) is 1. The number of nitrogens with zero attached hydrogens (tertiary/aromatic N) is 1. The van der Waals surface area contributed by atoms with Crippen LogP contribution in [0.1, 0.15) is 29.8 Å². The Bertz CT molecular complexity index is 269. The molecule has 1 atom stereocenters. The lowest BCUT2D eigenvalue weighted by Crippen LogP contribution is -2.15. The van der Waals surface area contributed by atoms with Crippen LogP contribution in [0, 0.1) is 13.8 Å². The summed E-state index contributed by atoms with van der Waals surface area (Å²) in [6.07, 6.45) is 1.91. The van der Waals surface area contributed by atoms with E-state index in [-0.39, 0.29) is 0 Å². The van der Waals surface area contributed by atoms with Gasteiger partial charge in [-0.05, 0) is 38.9 Å². The van der Waals surface area contributed by atoms with Crippen molar-refractivity contribution in [2.75, 3.05) is 7.05 Å². The van der Waals surface area contributed by atoms with Gasteiger partial charge in [0.2, 0.25) is 0 Å². The van der Waals surface area contributed by atoms with Gasteiger partial charge in [0, 0.05) is 12.2 Å². The molecule has 0 aliphatic carbocycles. The second-order valence-corrected chi connectivity index (χ2v) is 3.23. The van der Waals surface area contributed by atoms with Gasteiger partial charge in [0.15, 0.2) is 0 Å². The molecule has 1 aromatic rings. The maximum Gasteiger partial charge on any atom is 0.0599 e. The van der Waals surface area contributed by atoms with E-state index in [4.69, 9.17) is 0 Å². The van der Waals surface area contributed by atoms with Crippen LogP contribution in [0.2, 0.25) is 0 Å². The molecule has 1 unspecified atom stereocenters. The zero-order chi connectivity index (χ0) is 9.14. The van der Waals surface area contributed by atoms with Gasteiger partial charge in [0.05, 0.1) is 5.69 Å². The Balaban J connectivity index is 3.01. The highest BCUT2D eigenvalue weighted by Gasteiger charge is 2.06. The lowest BCUT2D eigenvalue weighted by molar-refractivity contribution is 0.628. The van der Waals surface area contributed by atoms with Gasteiger partial charge in [0.25, 0.3) is 0 Å². The molecule has 0 fully saturated rings. The molecular formula is C10H16N2. The predicted octanol–water partition coefficient (Wildman–Crippen LogP) is 1.98. The van der Waals surface area contributed by atoms with E-state index in [2.05, 4.69) is 37.1 Å². The topological polar surface area (TPSA) is 24.9 Å². The third-order valence-corrected chi connectivity index (χ3v) is 2.10. The minimum atomic E-state index is 0.339.